The molecule has 1 aromatic carbocycles. The molecule has 1 atom stereocenters. The van der Waals surface area contributed by atoms with Gasteiger partial charge < -0.3 is 14.6 Å². The van der Waals surface area contributed by atoms with Gasteiger partial charge >= 0.3 is 0 Å². The molecule has 1 aromatic rings. The highest BCUT2D eigenvalue weighted by molar-refractivity contribution is 5.43. The van der Waals surface area contributed by atoms with Crippen LogP contribution in [0, 0.1) is 0 Å². The van der Waals surface area contributed by atoms with Gasteiger partial charge in [0.05, 0.1) is 13.7 Å². The second kappa shape index (κ2) is 7.31. The number of aliphatic hydroxyl groups is 1. The molecular formula is C16H23NO3. The molecule has 20 heavy (non-hydrogen) atoms. The summed E-state index contributed by atoms with van der Waals surface area (Å²) < 4.78 is 10.9. The number of benzene rings is 1. The lowest BCUT2D eigenvalue weighted by Gasteiger charge is -2.23. The van der Waals surface area contributed by atoms with E-state index in [4.69, 9.17) is 9.47 Å². The van der Waals surface area contributed by atoms with Crippen LogP contribution in [0.25, 0.3) is 0 Å². The van der Waals surface area contributed by atoms with E-state index in [0.29, 0.717) is 6.61 Å². The minimum Gasteiger partial charge on any atom is -0.493 e. The van der Waals surface area contributed by atoms with E-state index in [0.717, 1.165) is 37.4 Å². The van der Waals surface area contributed by atoms with Gasteiger partial charge in [-0.05, 0) is 37.1 Å². The lowest BCUT2D eigenvalue weighted by Crippen LogP contribution is -2.31. The summed E-state index contributed by atoms with van der Waals surface area (Å²) in [5.74, 6) is 1.47. The summed E-state index contributed by atoms with van der Waals surface area (Å²) in [6.45, 7) is 6.22. The predicted octanol–water partition coefficient (Wildman–Crippen LogP) is 2.22. The van der Waals surface area contributed by atoms with Crippen LogP contribution in [-0.4, -0.2) is 42.9 Å². The lowest BCUT2D eigenvalue weighted by atomic mass is 10.1. The van der Waals surface area contributed by atoms with E-state index < -0.39 is 0 Å². The SMILES string of the molecule is C=CCOc1ccc(CN2CCC[C@@H]2CO)cc1OC. The number of ether oxygens (including phenoxy) is 2. The second-order valence-electron chi connectivity index (χ2n) is 5.03. The first kappa shape index (κ1) is 14.9. The number of likely N-dealkylation sites (tertiary alicyclic amines) is 1. The minimum absolute atomic E-state index is 0.234. The first-order valence-electron chi connectivity index (χ1n) is 7.04. The van der Waals surface area contributed by atoms with E-state index >= 15 is 0 Å². The number of methoxy groups -OCH3 is 1. The van der Waals surface area contributed by atoms with Crippen molar-refractivity contribution in [3.63, 3.8) is 0 Å². The van der Waals surface area contributed by atoms with Crippen LogP contribution in [0.5, 0.6) is 11.5 Å². The van der Waals surface area contributed by atoms with Crippen molar-refractivity contribution in [1.82, 2.24) is 4.90 Å². The van der Waals surface area contributed by atoms with Gasteiger partial charge in [-0.3, -0.25) is 4.90 Å². The van der Waals surface area contributed by atoms with Crippen LogP contribution in [0.4, 0.5) is 0 Å². The van der Waals surface area contributed by atoms with E-state index in [2.05, 4.69) is 11.5 Å². The molecule has 0 saturated carbocycles. The summed E-state index contributed by atoms with van der Waals surface area (Å²) in [5, 5.41) is 9.36. The van der Waals surface area contributed by atoms with Crippen molar-refractivity contribution in [2.24, 2.45) is 0 Å². The van der Waals surface area contributed by atoms with E-state index in [9.17, 15) is 5.11 Å². The Kier molecular flexibility index (Phi) is 5.44. The highest BCUT2D eigenvalue weighted by Gasteiger charge is 2.23. The van der Waals surface area contributed by atoms with E-state index in [1.807, 2.05) is 18.2 Å². The summed E-state index contributed by atoms with van der Waals surface area (Å²) >= 11 is 0. The molecule has 0 aliphatic carbocycles. The number of rotatable bonds is 7. The average Bonchev–Trinajstić information content (AvgIpc) is 2.92. The van der Waals surface area contributed by atoms with Crippen molar-refractivity contribution < 1.29 is 14.6 Å². The zero-order chi connectivity index (χ0) is 14.4. The van der Waals surface area contributed by atoms with Crippen LogP contribution >= 0.6 is 0 Å². The fourth-order valence-electron chi connectivity index (χ4n) is 2.62. The Morgan fingerprint density at radius 1 is 1.45 bits per heavy atom. The molecule has 1 N–H and O–H groups in total. The average molecular weight is 277 g/mol. The quantitative estimate of drug-likeness (QED) is 0.776. The number of hydrogen-bond donors (Lipinski definition) is 1. The van der Waals surface area contributed by atoms with Crippen molar-refractivity contribution >= 4 is 0 Å². The second-order valence-corrected chi connectivity index (χ2v) is 5.03. The smallest absolute Gasteiger partial charge is 0.161 e. The zero-order valence-corrected chi connectivity index (χ0v) is 12.0. The molecule has 4 heteroatoms. The molecule has 1 aliphatic heterocycles. The van der Waals surface area contributed by atoms with Crippen LogP contribution < -0.4 is 9.47 Å². The number of aliphatic hydroxyl groups excluding tert-OH is 1. The topological polar surface area (TPSA) is 41.9 Å². The number of nitrogens with zero attached hydrogens (tertiary/aromatic N) is 1. The maximum Gasteiger partial charge on any atom is 0.161 e. The van der Waals surface area contributed by atoms with Gasteiger partial charge in [0.2, 0.25) is 0 Å². The predicted molar refractivity (Wildman–Crippen MR) is 79.2 cm³/mol. The summed E-state index contributed by atoms with van der Waals surface area (Å²) in [5.41, 5.74) is 1.17. The lowest BCUT2D eigenvalue weighted by molar-refractivity contribution is 0.153. The summed E-state index contributed by atoms with van der Waals surface area (Å²) in [6.07, 6.45) is 3.94. The van der Waals surface area contributed by atoms with Gasteiger partial charge in [0.15, 0.2) is 11.5 Å². The Labute approximate surface area is 120 Å². The molecule has 0 unspecified atom stereocenters. The zero-order valence-electron chi connectivity index (χ0n) is 12.0. The minimum atomic E-state index is 0.234. The molecule has 1 heterocycles. The molecule has 1 fully saturated rings. The molecule has 2 rings (SSSR count). The molecule has 4 nitrogen and oxygen atoms in total. The molecule has 0 aromatic heterocycles. The Morgan fingerprint density at radius 2 is 2.30 bits per heavy atom. The third-order valence-corrected chi connectivity index (χ3v) is 3.68. The molecular weight excluding hydrogens is 254 g/mol. The normalized spacial score (nSPS) is 19.0. The summed E-state index contributed by atoms with van der Waals surface area (Å²) in [6, 6.07) is 6.28. The third-order valence-electron chi connectivity index (χ3n) is 3.68. The van der Waals surface area contributed by atoms with Gasteiger partial charge in [0, 0.05) is 12.6 Å². The first-order valence-corrected chi connectivity index (χ1v) is 7.04. The summed E-state index contributed by atoms with van der Waals surface area (Å²) in [4.78, 5) is 2.32. The van der Waals surface area contributed by atoms with Crippen LogP contribution in [-0.2, 0) is 6.54 Å². The van der Waals surface area contributed by atoms with Crippen LogP contribution in [0.3, 0.4) is 0 Å². The van der Waals surface area contributed by atoms with Crippen LogP contribution in [0.2, 0.25) is 0 Å². The Bertz CT molecular complexity index is 447. The van der Waals surface area contributed by atoms with Gasteiger partial charge in [-0.2, -0.15) is 0 Å². The largest absolute Gasteiger partial charge is 0.493 e. The monoisotopic (exact) mass is 277 g/mol. The maximum absolute atomic E-state index is 9.36. The van der Waals surface area contributed by atoms with E-state index in [1.54, 1.807) is 13.2 Å². The Balaban J connectivity index is 2.06. The van der Waals surface area contributed by atoms with Crippen LogP contribution in [0.1, 0.15) is 18.4 Å². The molecule has 0 bridgehead atoms. The molecule has 110 valence electrons. The highest BCUT2D eigenvalue weighted by atomic mass is 16.5. The molecule has 0 radical (unpaired) electrons. The van der Waals surface area contributed by atoms with E-state index in [-0.39, 0.29) is 12.6 Å². The van der Waals surface area contributed by atoms with Gasteiger partial charge in [-0.15, -0.1) is 0 Å². The van der Waals surface area contributed by atoms with Gasteiger partial charge in [0.1, 0.15) is 6.61 Å². The molecule has 0 spiro atoms. The Morgan fingerprint density at radius 3 is 3.00 bits per heavy atom. The molecule has 0 amide bonds. The van der Waals surface area contributed by atoms with Gasteiger partial charge in [0.25, 0.3) is 0 Å². The maximum atomic E-state index is 9.36. The van der Waals surface area contributed by atoms with Crippen molar-refractivity contribution in [1.29, 1.82) is 0 Å². The Hall–Kier alpha value is -1.52. The van der Waals surface area contributed by atoms with Gasteiger partial charge in [-0.1, -0.05) is 18.7 Å². The summed E-state index contributed by atoms with van der Waals surface area (Å²) in [7, 11) is 1.65. The van der Waals surface area contributed by atoms with Crippen molar-refractivity contribution in [3.8, 4) is 11.5 Å². The molecule has 1 saturated heterocycles. The third kappa shape index (κ3) is 3.52. The van der Waals surface area contributed by atoms with Gasteiger partial charge in [-0.25, -0.2) is 0 Å². The molecule has 1 aliphatic rings. The van der Waals surface area contributed by atoms with Crippen LogP contribution in [0.15, 0.2) is 30.9 Å². The van der Waals surface area contributed by atoms with Crippen molar-refractivity contribution in [2.45, 2.75) is 25.4 Å². The highest BCUT2D eigenvalue weighted by Crippen LogP contribution is 2.29. The fraction of sp³-hybridized carbons (Fsp3) is 0.500. The first-order chi connectivity index (χ1) is 9.78. The van der Waals surface area contributed by atoms with Crippen molar-refractivity contribution in [3.05, 3.63) is 36.4 Å². The fourth-order valence-corrected chi connectivity index (χ4v) is 2.62. The van der Waals surface area contributed by atoms with Crippen molar-refractivity contribution in [2.75, 3.05) is 26.9 Å². The van der Waals surface area contributed by atoms with E-state index in [1.165, 1.54) is 5.56 Å². The standard InChI is InChI=1S/C16H23NO3/c1-3-9-20-15-7-6-13(10-16(15)19-2)11-17-8-4-5-14(17)12-18/h3,6-7,10,14,18H,1,4-5,8-9,11-12H2,2H3/t14-/m1/s1. The number of hydrogen-bond acceptors (Lipinski definition) is 4.